The Kier molecular flexibility index (Phi) is 4.98. The van der Waals surface area contributed by atoms with Crippen molar-refractivity contribution in [1.29, 1.82) is 0 Å². The van der Waals surface area contributed by atoms with E-state index in [2.05, 4.69) is 36.3 Å². The van der Waals surface area contributed by atoms with Crippen LogP contribution in [0.3, 0.4) is 0 Å². The van der Waals surface area contributed by atoms with Crippen LogP contribution in [0.5, 0.6) is 0 Å². The topological polar surface area (TPSA) is 24.9 Å². The zero-order valence-electron chi connectivity index (χ0n) is 9.08. The van der Waals surface area contributed by atoms with E-state index in [9.17, 15) is 0 Å². The number of hydrogen-bond donors (Lipinski definition) is 1. The highest BCUT2D eigenvalue weighted by atomic mass is 32.2. The lowest BCUT2D eigenvalue weighted by molar-refractivity contribution is 0.551. The third-order valence-corrected chi connectivity index (χ3v) is 2.55. The molecule has 1 N–H and O–H groups in total. The van der Waals surface area contributed by atoms with Gasteiger partial charge in [0.25, 0.3) is 0 Å². The summed E-state index contributed by atoms with van der Waals surface area (Å²) in [4.78, 5) is 4.32. The molecule has 1 aromatic rings. The van der Waals surface area contributed by atoms with E-state index in [1.165, 1.54) is 5.56 Å². The molecule has 0 atom stereocenters. The van der Waals surface area contributed by atoms with Crippen molar-refractivity contribution in [2.24, 2.45) is 5.92 Å². The monoisotopic (exact) mass is 210 g/mol. The Morgan fingerprint density at radius 2 is 2.21 bits per heavy atom. The maximum absolute atomic E-state index is 4.32. The predicted molar refractivity (Wildman–Crippen MR) is 62.6 cm³/mol. The highest BCUT2D eigenvalue weighted by Crippen LogP contribution is 2.10. The molecule has 0 aliphatic carbocycles. The SMILES string of the molecule is CSc1ccc(CNCC(C)C)cn1. The molecule has 0 saturated carbocycles. The molecule has 1 heterocycles. The summed E-state index contributed by atoms with van der Waals surface area (Å²) in [7, 11) is 0. The molecule has 0 aliphatic heterocycles. The number of thioether (sulfide) groups is 1. The minimum Gasteiger partial charge on any atom is -0.312 e. The lowest BCUT2D eigenvalue weighted by atomic mass is 10.2. The molecule has 0 radical (unpaired) electrons. The van der Waals surface area contributed by atoms with E-state index in [1.54, 1.807) is 11.8 Å². The van der Waals surface area contributed by atoms with Crippen LogP contribution >= 0.6 is 11.8 Å². The Balaban J connectivity index is 2.36. The molecule has 0 aliphatic rings. The van der Waals surface area contributed by atoms with Gasteiger partial charge in [-0.2, -0.15) is 0 Å². The summed E-state index contributed by atoms with van der Waals surface area (Å²) in [5, 5.41) is 4.47. The standard InChI is InChI=1S/C11H18N2S/c1-9(2)6-12-7-10-4-5-11(14-3)13-8-10/h4-5,8-9,12H,6-7H2,1-3H3. The van der Waals surface area contributed by atoms with Crippen LogP contribution < -0.4 is 5.32 Å². The van der Waals surface area contributed by atoms with Gasteiger partial charge in [0.1, 0.15) is 0 Å². The molecule has 78 valence electrons. The molecule has 2 nitrogen and oxygen atoms in total. The zero-order valence-corrected chi connectivity index (χ0v) is 9.90. The summed E-state index contributed by atoms with van der Waals surface area (Å²) in [5.74, 6) is 0.702. The molecule has 14 heavy (non-hydrogen) atoms. The first kappa shape index (κ1) is 11.5. The molecule has 0 saturated heterocycles. The second kappa shape index (κ2) is 6.04. The van der Waals surface area contributed by atoms with Crippen LogP contribution in [0.4, 0.5) is 0 Å². The lowest BCUT2D eigenvalue weighted by Gasteiger charge is -2.07. The average Bonchev–Trinajstić information content (AvgIpc) is 2.18. The van der Waals surface area contributed by atoms with Gasteiger partial charge in [0.05, 0.1) is 5.03 Å². The Labute approximate surface area is 90.5 Å². The molecule has 0 aromatic carbocycles. The smallest absolute Gasteiger partial charge is 0.0957 e. The zero-order chi connectivity index (χ0) is 10.4. The number of aromatic nitrogens is 1. The number of nitrogens with one attached hydrogen (secondary N) is 1. The number of nitrogens with zero attached hydrogens (tertiary/aromatic N) is 1. The van der Waals surface area contributed by atoms with Crippen LogP contribution in [0.1, 0.15) is 19.4 Å². The van der Waals surface area contributed by atoms with Gasteiger partial charge in [-0.1, -0.05) is 19.9 Å². The van der Waals surface area contributed by atoms with Gasteiger partial charge in [-0.15, -0.1) is 11.8 Å². The van der Waals surface area contributed by atoms with E-state index in [1.807, 2.05) is 12.5 Å². The van der Waals surface area contributed by atoms with E-state index in [-0.39, 0.29) is 0 Å². The molecular weight excluding hydrogens is 192 g/mol. The summed E-state index contributed by atoms with van der Waals surface area (Å²) < 4.78 is 0. The van der Waals surface area contributed by atoms with Crippen molar-refractivity contribution in [1.82, 2.24) is 10.3 Å². The second-order valence-corrected chi connectivity index (χ2v) is 4.56. The fourth-order valence-electron chi connectivity index (χ4n) is 1.14. The van der Waals surface area contributed by atoms with Gasteiger partial charge in [-0.25, -0.2) is 4.98 Å². The van der Waals surface area contributed by atoms with Crippen LogP contribution in [0.15, 0.2) is 23.4 Å². The van der Waals surface area contributed by atoms with Gasteiger partial charge in [-0.3, -0.25) is 0 Å². The van der Waals surface area contributed by atoms with Gasteiger partial charge < -0.3 is 5.32 Å². The second-order valence-electron chi connectivity index (χ2n) is 3.73. The number of rotatable bonds is 5. The predicted octanol–water partition coefficient (Wildman–Crippen LogP) is 2.55. The van der Waals surface area contributed by atoms with E-state index < -0.39 is 0 Å². The van der Waals surface area contributed by atoms with Crippen LogP contribution in [-0.4, -0.2) is 17.8 Å². The first-order valence-corrected chi connectivity index (χ1v) is 6.14. The summed E-state index contributed by atoms with van der Waals surface area (Å²) >= 11 is 1.67. The normalized spacial score (nSPS) is 10.9. The molecular formula is C11H18N2S. The third kappa shape index (κ3) is 4.11. The fraction of sp³-hybridized carbons (Fsp3) is 0.545. The number of pyridine rings is 1. The quantitative estimate of drug-likeness (QED) is 0.756. The van der Waals surface area contributed by atoms with Crippen molar-refractivity contribution in [3.05, 3.63) is 23.9 Å². The molecule has 0 bridgehead atoms. The van der Waals surface area contributed by atoms with Gasteiger partial charge in [0.15, 0.2) is 0 Å². The Hall–Kier alpha value is -0.540. The molecule has 0 spiro atoms. The first-order chi connectivity index (χ1) is 6.72. The maximum Gasteiger partial charge on any atom is 0.0957 e. The molecule has 1 aromatic heterocycles. The molecule has 1 rings (SSSR count). The maximum atomic E-state index is 4.32. The van der Waals surface area contributed by atoms with E-state index in [0.717, 1.165) is 18.1 Å². The van der Waals surface area contributed by atoms with Crippen molar-refractivity contribution < 1.29 is 0 Å². The van der Waals surface area contributed by atoms with Crippen molar-refractivity contribution in [2.45, 2.75) is 25.4 Å². The Bertz CT molecular complexity index is 256. The van der Waals surface area contributed by atoms with Gasteiger partial charge >= 0.3 is 0 Å². The van der Waals surface area contributed by atoms with Gasteiger partial charge in [0, 0.05) is 12.7 Å². The van der Waals surface area contributed by atoms with Gasteiger partial charge in [-0.05, 0) is 30.3 Å². The number of hydrogen-bond acceptors (Lipinski definition) is 3. The molecule has 0 unspecified atom stereocenters. The summed E-state index contributed by atoms with van der Waals surface area (Å²) in [6.07, 6.45) is 3.98. The van der Waals surface area contributed by atoms with Crippen molar-refractivity contribution in [2.75, 3.05) is 12.8 Å². The summed E-state index contributed by atoms with van der Waals surface area (Å²) in [6, 6.07) is 4.20. The molecule has 0 fully saturated rings. The highest BCUT2D eigenvalue weighted by molar-refractivity contribution is 7.98. The van der Waals surface area contributed by atoms with Gasteiger partial charge in [0.2, 0.25) is 0 Å². The van der Waals surface area contributed by atoms with Crippen molar-refractivity contribution in [3.8, 4) is 0 Å². The van der Waals surface area contributed by atoms with Crippen LogP contribution in [0.2, 0.25) is 0 Å². The summed E-state index contributed by atoms with van der Waals surface area (Å²) in [5.41, 5.74) is 1.25. The average molecular weight is 210 g/mol. The fourth-order valence-corrected chi connectivity index (χ4v) is 1.50. The van der Waals surface area contributed by atoms with Crippen molar-refractivity contribution >= 4 is 11.8 Å². The Morgan fingerprint density at radius 1 is 1.43 bits per heavy atom. The third-order valence-electron chi connectivity index (χ3n) is 1.89. The minimum absolute atomic E-state index is 0.702. The van der Waals surface area contributed by atoms with E-state index >= 15 is 0 Å². The molecule has 0 amide bonds. The van der Waals surface area contributed by atoms with Crippen LogP contribution in [-0.2, 0) is 6.54 Å². The van der Waals surface area contributed by atoms with Crippen LogP contribution in [0.25, 0.3) is 0 Å². The van der Waals surface area contributed by atoms with E-state index in [0.29, 0.717) is 5.92 Å². The lowest BCUT2D eigenvalue weighted by Crippen LogP contribution is -2.18. The largest absolute Gasteiger partial charge is 0.312 e. The first-order valence-electron chi connectivity index (χ1n) is 4.92. The van der Waals surface area contributed by atoms with Crippen molar-refractivity contribution in [3.63, 3.8) is 0 Å². The minimum atomic E-state index is 0.702. The highest BCUT2D eigenvalue weighted by Gasteiger charge is 1.96. The van der Waals surface area contributed by atoms with E-state index in [4.69, 9.17) is 0 Å². The Morgan fingerprint density at radius 3 is 2.71 bits per heavy atom. The molecule has 3 heteroatoms. The van der Waals surface area contributed by atoms with Crippen LogP contribution in [0, 0.1) is 5.92 Å². The summed E-state index contributed by atoms with van der Waals surface area (Å²) in [6.45, 7) is 6.40.